The third-order valence-electron chi connectivity index (χ3n) is 1.71. The van der Waals surface area contributed by atoms with Crippen LogP contribution in [0.5, 0.6) is 5.75 Å². The van der Waals surface area contributed by atoms with E-state index in [1.165, 1.54) is 24.5 Å². The van der Waals surface area contributed by atoms with Crippen LogP contribution in [0.15, 0.2) is 30.5 Å². The first-order valence-electron chi connectivity index (χ1n) is 4.46. The first-order valence-corrected chi connectivity index (χ1v) is 4.84. The fraction of sp³-hybridized carbons (Fsp3) is 0.182. The molecule has 0 bridgehead atoms. The van der Waals surface area contributed by atoms with Crippen LogP contribution in [0, 0.1) is 0 Å². The van der Waals surface area contributed by atoms with Crippen LogP contribution >= 0.6 is 11.6 Å². The fourth-order valence-electron chi connectivity index (χ4n) is 1.01. The summed E-state index contributed by atoms with van der Waals surface area (Å²) < 4.78 is 4.88. The number of phenolic OH excluding ortho intramolecular Hbond substituents is 1. The van der Waals surface area contributed by atoms with Crippen molar-refractivity contribution in [3.05, 3.63) is 41.1 Å². The van der Waals surface area contributed by atoms with Crippen LogP contribution in [-0.2, 0) is 4.74 Å². The van der Waals surface area contributed by atoms with Crippen molar-refractivity contribution in [2.24, 2.45) is 0 Å². The van der Waals surface area contributed by atoms with E-state index >= 15 is 0 Å². The molecule has 1 N–H and O–H groups in total. The van der Waals surface area contributed by atoms with Gasteiger partial charge in [0, 0.05) is 11.1 Å². The topological polar surface area (TPSA) is 46.5 Å². The molecule has 0 aliphatic rings. The number of carbonyl (C=O) groups excluding carboxylic acids is 1. The van der Waals surface area contributed by atoms with Crippen LogP contribution < -0.4 is 0 Å². The van der Waals surface area contributed by atoms with E-state index in [-0.39, 0.29) is 17.1 Å². The first kappa shape index (κ1) is 11.6. The number of hydrogen-bond donors (Lipinski definition) is 1. The van der Waals surface area contributed by atoms with E-state index in [0.717, 1.165) is 0 Å². The van der Waals surface area contributed by atoms with Gasteiger partial charge in [0.15, 0.2) is 5.78 Å². The highest BCUT2D eigenvalue weighted by molar-refractivity contribution is 6.31. The lowest BCUT2D eigenvalue weighted by molar-refractivity contribution is 0.104. The standard InChI is InChI=1S/C11H11ClO3/c1-2-15-6-5-10(13)9-4-3-8(12)7-11(9)14/h3-7,14H,2H2,1H3/b6-5-. The molecule has 0 fully saturated rings. The largest absolute Gasteiger partial charge is 0.507 e. The Morgan fingerprint density at radius 3 is 2.93 bits per heavy atom. The Bertz CT molecular complexity index is 385. The van der Waals surface area contributed by atoms with Gasteiger partial charge in [0.25, 0.3) is 0 Å². The second-order valence-corrected chi connectivity index (χ2v) is 3.22. The van der Waals surface area contributed by atoms with Crippen molar-refractivity contribution in [2.75, 3.05) is 6.61 Å². The number of benzene rings is 1. The van der Waals surface area contributed by atoms with Gasteiger partial charge in [-0.3, -0.25) is 4.79 Å². The Morgan fingerprint density at radius 1 is 1.60 bits per heavy atom. The van der Waals surface area contributed by atoms with Crippen molar-refractivity contribution >= 4 is 17.4 Å². The summed E-state index contributed by atoms with van der Waals surface area (Å²) in [6.07, 6.45) is 2.56. The number of ether oxygens (including phenoxy) is 1. The average molecular weight is 227 g/mol. The van der Waals surface area contributed by atoms with Gasteiger partial charge in [-0.05, 0) is 25.1 Å². The second kappa shape index (κ2) is 5.41. The van der Waals surface area contributed by atoms with Crippen molar-refractivity contribution in [2.45, 2.75) is 6.92 Å². The quantitative estimate of drug-likeness (QED) is 0.488. The van der Waals surface area contributed by atoms with Gasteiger partial charge >= 0.3 is 0 Å². The zero-order valence-electron chi connectivity index (χ0n) is 8.24. The molecule has 1 rings (SSSR count). The highest BCUT2D eigenvalue weighted by Gasteiger charge is 2.08. The van der Waals surface area contributed by atoms with Gasteiger partial charge < -0.3 is 9.84 Å². The Kier molecular flexibility index (Phi) is 4.18. The van der Waals surface area contributed by atoms with Crippen molar-refractivity contribution < 1.29 is 14.6 Å². The molecule has 0 unspecified atom stereocenters. The minimum atomic E-state index is -0.322. The number of halogens is 1. The number of rotatable bonds is 4. The predicted molar refractivity (Wildman–Crippen MR) is 58.2 cm³/mol. The van der Waals surface area contributed by atoms with Gasteiger partial charge in [-0.1, -0.05) is 11.6 Å². The highest BCUT2D eigenvalue weighted by atomic mass is 35.5. The summed E-state index contributed by atoms with van der Waals surface area (Å²) in [5.41, 5.74) is 0.204. The number of hydrogen-bond acceptors (Lipinski definition) is 3. The summed E-state index contributed by atoms with van der Waals surface area (Å²) >= 11 is 5.63. The van der Waals surface area contributed by atoms with E-state index in [0.29, 0.717) is 11.6 Å². The number of phenols is 1. The van der Waals surface area contributed by atoms with Crippen LogP contribution in [0.3, 0.4) is 0 Å². The summed E-state index contributed by atoms with van der Waals surface area (Å²) in [6.45, 7) is 2.31. The Hall–Kier alpha value is -1.48. The number of carbonyl (C=O) groups is 1. The highest BCUT2D eigenvalue weighted by Crippen LogP contribution is 2.22. The molecule has 15 heavy (non-hydrogen) atoms. The SMILES string of the molecule is CCO/C=C\C(=O)c1ccc(Cl)cc1O. The molecule has 0 atom stereocenters. The lowest BCUT2D eigenvalue weighted by Gasteiger charge is -2.00. The van der Waals surface area contributed by atoms with E-state index in [4.69, 9.17) is 16.3 Å². The normalized spacial score (nSPS) is 10.5. The summed E-state index contributed by atoms with van der Waals surface area (Å²) in [5.74, 6) is -0.453. The van der Waals surface area contributed by atoms with Gasteiger partial charge in [0.1, 0.15) is 5.75 Å². The minimum absolute atomic E-state index is 0.131. The maximum absolute atomic E-state index is 11.5. The monoisotopic (exact) mass is 226 g/mol. The van der Waals surface area contributed by atoms with Crippen LogP contribution in [0.25, 0.3) is 0 Å². The zero-order chi connectivity index (χ0) is 11.3. The zero-order valence-corrected chi connectivity index (χ0v) is 8.99. The molecule has 0 amide bonds. The smallest absolute Gasteiger partial charge is 0.192 e. The molecule has 4 heteroatoms. The average Bonchev–Trinajstić information content (AvgIpc) is 2.17. The van der Waals surface area contributed by atoms with E-state index in [2.05, 4.69) is 0 Å². The molecule has 0 aliphatic carbocycles. The molecule has 0 spiro atoms. The molecular weight excluding hydrogens is 216 g/mol. The van der Waals surface area contributed by atoms with Crippen molar-refractivity contribution in [1.29, 1.82) is 0 Å². The molecule has 1 aromatic carbocycles. The molecule has 0 saturated carbocycles. The van der Waals surface area contributed by atoms with E-state index < -0.39 is 0 Å². The summed E-state index contributed by atoms with van der Waals surface area (Å²) in [5, 5.41) is 9.83. The van der Waals surface area contributed by atoms with Crippen LogP contribution in [0.1, 0.15) is 17.3 Å². The molecule has 80 valence electrons. The Labute approximate surface area is 92.9 Å². The number of allylic oxidation sites excluding steroid dienone is 1. The van der Waals surface area contributed by atoms with E-state index in [9.17, 15) is 9.90 Å². The Balaban J connectivity index is 2.82. The lowest BCUT2D eigenvalue weighted by atomic mass is 10.1. The first-order chi connectivity index (χ1) is 7.15. The molecule has 0 radical (unpaired) electrons. The number of aromatic hydroxyl groups is 1. The van der Waals surface area contributed by atoms with Gasteiger partial charge in [0.05, 0.1) is 18.4 Å². The van der Waals surface area contributed by atoms with Gasteiger partial charge in [0.2, 0.25) is 0 Å². The molecule has 0 aromatic heterocycles. The lowest BCUT2D eigenvalue weighted by Crippen LogP contribution is -1.95. The molecule has 0 heterocycles. The van der Waals surface area contributed by atoms with Gasteiger partial charge in [-0.2, -0.15) is 0 Å². The minimum Gasteiger partial charge on any atom is -0.507 e. The van der Waals surface area contributed by atoms with Crippen molar-refractivity contribution in [3.8, 4) is 5.75 Å². The van der Waals surface area contributed by atoms with Crippen LogP contribution in [-0.4, -0.2) is 17.5 Å². The third kappa shape index (κ3) is 3.29. The van der Waals surface area contributed by atoms with E-state index in [1.54, 1.807) is 6.07 Å². The Morgan fingerprint density at radius 2 is 2.33 bits per heavy atom. The predicted octanol–water partition coefficient (Wildman–Crippen LogP) is 2.78. The molecule has 1 aromatic rings. The summed E-state index contributed by atoms with van der Waals surface area (Å²) in [7, 11) is 0. The van der Waals surface area contributed by atoms with Crippen LogP contribution in [0.2, 0.25) is 5.02 Å². The second-order valence-electron chi connectivity index (χ2n) is 2.78. The molecule has 0 aliphatic heterocycles. The molecule has 3 nitrogen and oxygen atoms in total. The number of ketones is 1. The van der Waals surface area contributed by atoms with Gasteiger partial charge in [-0.15, -0.1) is 0 Å². The van der Waals surface area contributed by atoms with Crippen molar-refractivity contribution in [1.82, 2.24) is 0 Å². The van der Waals surface area contributed by atoms with Crippen molar-refractivity contribution in [3.63, 3.8) is 0 Å². The molecular formula is C11H11ClO3. The molecule has 0 saturated heterocycles. The van der Waals surface area contributed by atoms with E-state index in [1.807, 2.05) is 6.92 Å². The van der Waals surface area contributed by atoms with Gasteiger partial charge in [-0.25, -0.2) is 0 Å². The maximum Gasteiger partial charge on any atom is 0.192 e. The summed E-state index contributed by atoms with van der Waals surface area (Å²) in [6, 6.07) is 4.34. The third-order valence-corrected chi connectivity index (χ3v) is 1.94. The fourth-order valence-corrected chi connectivity index (χ4v) is 1.18. The van der Waals surface area contributed by atoms with Crippen LogP contribution in [0.4, 0.5) is 0 Å². The maximum atomic E-state index is 11.5. The summed E-state index contributed by atoms with van der Waals surface area (Å²) in [4.78, 5) is 11.5.